The van der Waals surface area contributed by atoms with Crippen molar-refractivity contribution in [3.63, 3.8) is 0 Å². The number of aromatic carboxylic acids is 1. The van der Waals surface area contributed by atoms with Crippen LogP contribution in [0.1, 0.15) is 40.1 Å². The molecule has 0 aromatic carbocycles. The van der Waals surface area contributed by atoms with Crippen LogP contribution >= 0.6 is 0 Å². The van der Waals surface area contributed by atoms with Crippen LogP contribution in [0, 0.1) is 0 Å². The molecule has 0 saturated carbocycles. The number of pyridine rings is 1. The Balaban J connectivity index is 2.80. The number of carbonyl (C=O) groups excluding carboxylic acids is 1. The highest BCUT2D eigenvalue weighted by molar-refractivity contribution is 6.07. The van der Waals surface area contributed by atoms with Crippen LogP contribution in [0.4, 0.5) is 0 Å². The van der Waals surface area contributed by atoms with E-state index in [1.54, 1.807) is 0 Å². The van der Waals surface area contributed by atoms with Crippen molar-refractivity contribution in [3.8, 4) is 0 Å². The molecule has 1 rings (SSSR count). The monoisotopic (exact) mass is 251 g/mol. The van der Waals surface area contributed by atoms with Crippen LogP contribution in [0.15, 0.2) is 18.3 Å². The van der Waals surface area contributed by atoms with E-state index < -0.39 is 17.8 Å². The summed E-state index contributed by atoms with van der Waals surface area (Å²) in [5.74, 6) is -1.62. The average molecular weight is 251 g/mol. The summed E-state index contributed by atoms with van der Waals surface area (Å²) in [5, 5.41) is 8.94. The number of carbonyl (C=O) groups is 2. The molecule has 0 fully saturated rings. The molecule has 0 saturated heterocycles. The Hall–Kier alpha value is -1.79. The van der Waals surface area contributed by atoms with Gasteiger partial charge in [0.1, 0.15) is 0 Å². The van der Waals surface area contributed by atoms with E-state index in [1.807, 2.05) is 0 Å². The van der Waals surface area contributed by atoms with Gasteiger partial charge in [0, 0.05) is 6.20 Å². The third-order valence-electron chi connectivity index (χ3n) is 2.58. The van der Waals surface area contributed by atoms with Crippen molar-refractivity contribution >= 4 is 11.8 Å². The number of hydrogen-bond acceptors (Lipinski definition) is 5. The summed E-state index contributed by atoms with van der Waals surface area (Å²) < 4.78 is 0. The molecule has 0 aliphatic heterocycles. The second-order valence-corrected chi connectivity index (χ2v) is 3.96. The van der Waals surface area contributed by atoms with E-state index in [1.165, 1.54) is 18.3 Å². The number of carboxylic acids is 1. The first-order valence-corrected chi connectivity index (χ1v) is 5.76. The molecule has 0 aliphatic carbocycles. The molecule has 0 aliphatic rings. The first kappa shape index (κ1) is 14.3. The fraction of sp³-hybridized carbons (Fsp3) is 0.417. The minimum absolute atomic E-state index is 0.0604. The van der Waals surface area contributed by atoms with Crippen molar-refractivity contribution < 1.29 is 14.7 Å². The lowest BCUT2D eigenvalue weighted by atomic mass is 9.99. The molecule has 0 bridgehead atoms. The zero-order chi connectivity index (χ0) is 13.5. The zero-order valence-corrected chi connectivity index (χ0v) is 10.0. The van der Waals surface area contributed by atoms with Gasteiger partial charge in [-0.05, 0) is 31.5 Å². The summed E-state index contributed by atoms with van der Waals surface area (Å²) in [7, 11) is 0. The highest BCUT2D eigenvalue weighted by Gasteiger charge is 2.22. The summed E-state index contributed by atoms with van der Waals surface area (Å²) in [6, 6.07) is 2.24. The Morgan fingerprint density at radius 3 is 2.72 bits per heavy atom. The van der Waals surface area contributed by atoms with Gasteiger partial charge in [-0.15, -0.1) is 0 Å². The minimum Gasteiger partial charge on any atom is -0.476 e. The molecule has 0 radical (unpaired) electrons. The number of Topliss-reactive ketones (excluding diaryl/α,β-unsaturated/α-hetero) is 1. The molecular formula is C12H17N3O3. The number of nitrogens with zero attached hydrogens (tertiary/aromatic N) is 1. The smallest absolute Gasteiger partial charge is 0.355 e. The van der Waals surface area contributed by atoms with Crippen LogP contribution in [-0.4, -0.2) is 34.4 Å². The molecule has 1 atom stereocenters. The molecule has 6 heteroatoms. The SMILES string of the molecule is NCCCC[C@H](N)C(=O)c1cccnc1C(=O)O. The third-order valence-corrected chi connectivity index (χ3v) is 2.58. The van der Waals surface area contributed by atoms with Gasteiger partial charge in [-0.25, -0.2) is 9.78 Å². The topological polar surface area (TPSA) is 119 Å². The molecule has 98 valence electrons. The number of hydrogen-bond donors (Lipinski definition) is 3. The third kappa shape index (κ3) is 3.61. The maximum absolute atomic E-state index is 12.0. The molecule has 0 spiro atoms. The summed E-state index contributed by atoms with van der Waals surface area (Å²) in [6.45, 7) is 0.550. The lowest BCUT2D eigenvalue weighted by Gasteiger charge is -2.11. The van der Waals surface area contributed by atoms with E-state index in [9.17, 15) is 9.59 Å². The van der Waals surface area contributed by atoms with Crippen molar-refractivity contribution in [2.45, 2.75) is 25.3 Å². The van der Waals surface area contributed by atoms with Crippen LogP contribution in [0.5, 0.6) is 0 Å². The van der Waals surface area contributed by atoms with Gasteiger partial charge in [-0.1, -0.05) is 6.42 Å². The van der Waals surface area contributed by atoms with Crippen LogP contribution < -0.4 is 11.5 Å². The number of ketones is 1. The predicted molar refractivity (Wildman–Crippen MR) is 66.4 cm³/mol. The number of rotatable bonds is 7. The Morgan fingerprint density at radius 2 is 2.11 bits per heavy atom. The maximum Gasteiger partial charge on any atom is 0.355 e. The second-order valence-electron chi connectivity index (χ2n) is 3.96. The number of nitrogens with two attached hydrogens (primary N) is 2. The second kappa shape index (κ2) is 6.83. The van der Waals surface area contributed by atoms with Gasteiger partial charge in [-0.2, -0.15) is 0 Å². The lowest BCUT2D eigenvalue weighted by Crippen LogP contribution is -2.32. The zero-order valence-electron chi connectivity index (χ0n) is 10.0. The van der Waals surface area contributed by atoms with E-state index in [2.05, 4.69) is 4.98 Å². The normalized spacial score (nSPS) is 12.1. The Labute approximate surface area is 105 Å². The Morgan fingerprint density at radius 1 is 1.39 bits per heavy atom. The minimum atomic E-state index is -1.23. The molecule has 0 unspecified atom stereocenters. The van der Waals surface area contributed by atoms with E-state index in [4.69, 9.17) is 16.6 Å². The fourth-order valence-electron chi connectivity index (χ4n) is 1.61. The van der Waals surface area contributed by atoms with Gasteiger partial charge in [0.2, 0.25) is 0 Å². The molecule has 1 heterocycles. The molecular weight excluding hydrogens is 234 g/mol. The summed E-state index contributed by atoms with van der Waals surface area (Å²) in [5.41, 5.74) is 10.9. The van der Waals surface area contributed by atoms with Crippen molar-refractivity contribution in [3.05, 3.63) is 29.6 Å². The lowest BCUT2D eigenvalue weighted by molar-refractivity contribution is 0.0684. The molecule has 5 N–H and O–H groups in total. The number of aromatic nitrogens is 1. The van der Waals surface area contributed by atoms with Crippen molar-refractivity contribution in [1.29, 1.82) is 0 Å². The Kier molecular flexibility index (Phi) is 5.41. The van der Waals surface area contributed by atoms with E-state index in [0.717, 1.165) is 12.8 Å². The highest BCUT2D eigenvalue weighted by atomic mass is 16.4. The molecule has 1 aromatic heterocycles. The van der Waals surface area contributed by atoms with E-state index >= 15 is 0 Å². The van der Waals surface area contributed by atoms with Crippen LogP contribution in [0.2, 0.25) is 0 Å². The van der Waals surface area contributed by atoms with Crippen molar-refractivity contribution in [2.75, 3.05) is 6.54 Å². The fourth-order valence-corrected chi connectivity index (χ4v) is 1.61. The summed E-state index contributed by atoms with van der Waals surface area (Å²) in [4.78, 5) is 26.6. The quantitative estimate of drug-likeness (QED) is 0.477. The summed E-state index contributed by atoms with van der Waals surface area (Å²) >= 11 is 0. The average Bonchev–Trinajstić information content (AvgIpc) is 2.38. The molecule has 1 aromatic rings. The molecule has 18 heavy (non-hydrogen) atoms. The van der Waals surface area contributed by atoms with Crippen LogP contribution in [0.25, 0.3) is 0 Å². The molecule has 0 amide bonds. The summed E-state index contributed by atoms with van der Waals surface area (Å²) in [6.07, 6.45) is 3.36. The van der Waals surface area contributed by atoms with Crippen LogP contribution in [0.3, 0.4) is 0 Å². The van der Waals surface area contributed by atoms with Crippen molar-refractivity contribution in [1.82, 2.24) is 4.98 Å². The Bertz CT molecular complexity index is 434. The first-order valence-electron chi connectivity index (χ1n) is 5.76. The van der Waals surface area contributed by atoms with Gasteiger partial charge in [0.25, 0.3) is 0 Å². The van der Waals surface area contributed by atoms with Gasteiger partial charge < -0.3 is 16.6 Å². The van der Waals surface area contributed by atoms with Crippen LogP contribution in [-0.2, 0) is 0 Å². The largest absolute Gasteiger partial charge is 0.476 e. The highest BCUT2D eigenvalue weighted by Crippen LogP contribution is 2.11. The number of unbranched alkanes of at least 4 members (excludes halogenated alkanes) is 1. The number of carboxylic acid groups (broad SMARTS) is 1. The standard InChI is InChI=1S/C12H17N3O3/c13-6-2-1-5-9(14)11(16)8-4-3-7-15-10(8)12(17)18/h3-4,7,9H,1-2,5-6,13-14H2,(H,17,18)/t9-/m0/s1. The van der Waals surface area contributed by atoms with Gasteiger partial charge in [-0.3, -0.25) is 4.79 Å². The van der Waals surface area contributed by atoms with E-state index in [0.29, 0.717) is 13.0 Å². The van der Waals surface area contributed by atoms with Gasteiger partial charge in [0.15, 0.2) is 11.5 Å². The van der Waals surface area contributed by atoms with Crippen molar-refractivity contribution in [2.24, 2.45) is 11.5 Å². The van der Waals surface area contributed by atoms with Gasteiger partial charge in [0.05, 0.1) is 11.6 Å². The van der Waals surface area contributed by atoms with Gasteiger partial charge >= 0.3 is 5.97 Å². The predicted octanol–water partition coefficient (Wildman–Crippen LogP) is 0.419. The van der Waals surface area contributed by atoms with E-state index in [-0.39, 0.29) is 11.3 Å². The molecule has 6 nitrogen and oxygen atoms in total. The first-order chi connectivity index (χ1) is 8.57. The maximum atomic E-state index is 12.0.